The van der Waals surface area contributed by atoms with Crippen LogP contribution in [0, 0.1) is 6.92 Å². The molecule has 0 aromatic rings. The predicted molar refractivity (Wildman–Crippen MR) is 64.7 cm³/mol. The van der Waals surface area contributed by atoms with E-state index in [1.807, 2.05) is 0 Å². The summed E-state index contributed by atoms with van der Waals surface area (Å²) >= 11 is 0. The van der Waals surface area contributed by atoms with E-state index in [1.165, 1.54) is 32.1 Å². The zero-order chi connectivity index (χ0) is 11.4. The Labute approximate surface area is 95.3 Å². The van der Waals surface area contributed by atoms with Crippen LogP contribution < -0.4 is 0 Å². The molecule has 0 N–H and O–H groups in total. The number of hydrogen-bond donors (Lipinski definition) is 0. The summed E-state index contributed by atoms with van der Waals surface area (Å²) in [5, 5.41) is 0. The molecule has 2 heteroatoms. The summed E-state index contributed by atoms with van der Waals surface area (Å²) in [7, 11) is 1.70. The zero-order valence-electron chi connectivity index (χ0n) is 10.5. The molecule has 0 heterocycles. The van der Waals surface area contributed by atoms with E-state index in [4.69, 9.17) is 9.47 Å². The molecule has 0 aliphatic carbocycles. The minimum atomic E-state index is -0.0434. The number of ether oxygens (including phenoxy) is 2. The highest BCUT2D eigenvalue weighted by Gasteiger charge is 2.04. The first-order valence-corrected chi connectivity index (χ1v) is 6.28. The van der Waals surface area contributed by atoms with Gasteiger partial charge in [-0.25, -0.2) is 0 Å². The topological polar surface area (TPSA) is 18.5 Å². The van der Waals surface area contributed by atoms with Crippen molar-refractivity contribution >= 4 is 0 Å². The molecule has 0 aromatic carbocycles. The van der Waals surface area contributed by atoms with Crippen LogP contribution in [0.4, 0.5) is 0 Å². The molecule has 0 aliphatic heterocycles. The smallest absolute Gasteiger partial charge is 0.157 e. The van der Waals surface area contributed by atoms with E-state index < -0.39 is 0 Å². The van der Waals surface area contributed by atoms with Crippen LogP contribution >= 0.6 is 0 Å². The molecule has 15 heavy (non-hydrogen) atoms. The minimum Gasteiger partial charge on any atom is -0.356 e. The maximum atomic E-state index is 5.58. The number of hydrogen-bond acceptors (Lipinski definition) is 2. The number of methoxy groups -OCH3 is 1. The monoisotopic (exact) mass is 215 g/mol. The Kier molecular flexibility index (Phi) is 11.9. The standard InChI is InChI=1S/C13H27O2/c1-4-6-7-8-9-10-12-15-13(14-3)11-5-2/h13H,2,4-12H2,1,3H3. The lowest BCUT2D eigenvalue weighted by Crippen LogP contribution is -2.15. The van der Waals surface area contributed by atoms with Crippen LogP contribution in [0.3, 0.4) is 0 Å². The first-order chi connectivity index (χ1) is 7.35. The maximum absolute atomic E-state index is 5.58. The molecule has 1 atom stereocenters. The van der Waals surface area contributed by atoms with Crippen molar-refractivity contribution in [2.75, 3.05) is 13.7 Å². The second-order valence-electron chi connectivity index (χ2n) is 3.95. The molecule has 0 saturated heterocycles. The molecule has 0 fully saturated rings. The van der Waals surface area contributed by atoms with E-state index in [1.54, 1.807) is 7.11 Å². The van der Waals surface area contributed by atoms with Gasteiger partial charge in [0.15, 0.2) is 6.29 Å². The van der Waals surface area contributed by atoms with Crippen molar-refractivity contribution in [1.29, 1.82) is 0 Å². The summed E-state index contributed by atoms with van der Waals surface area (Å²) in [5.41, 5.74) is 0. The van der Waals surface area contributed by atoms with E-state index in [9.17, 15) is 0 Å². The summed E-state index contributed by atoms with van der Waals surface area (Å²) in [6.07, 6.45) is 9.53. The Morgan fingerprint density at radius 3 is 2.33 bits per heavy atom. The Morgan fingerprint density at radius 2 is 1.73 bits per heavy atom. The van der Waals surface area contributed by atoms with Crippen molar-refractivity contribution in [3.8, 4) is 0 Å². The third kappa shape index (κ3) is 10.2. The van der Waals surface area contributed by atoms with Crippen molar-refractivity contribution in [2.24, 2.45) is 0 Å². The first-order valence-electron chi connectivity index (χ1n) is 6.28. The minimum absolute atomic E-state index is 0.0434. The van der Waals surface area contributed by atoms with Crippen molar-refractivity contribution < 1.29 is 9.47 Å². The van der Waals surface area contributed by atoms with Gasteiger partial charge < -0.3 is 9.47 Å². The Bertz CT molecular complexity index is 115. The summed E-state index contributed by atoms with van der Waals surface area (Å²) < 4.78 is 10.7. The Balaban J connectivity index is 3.14. The Hall–Kier alpha value is -0.0800. The molecule has 0 amide bonds. The first kappa shape index (κ1) is 14.9. The van der Waals surface area contributed by atoms with Gasteiger partial charge in [-0.05, 0) is 19.3 Å². The molecule has 1 unspecified atom stereocenters. The van der Waals surface area contributed by atoms with E-state index in [0.29, 0.717) is 0 Å². The molecule has 1 radical (unpaired) electrons. The van der Waals surface area contributed by atoms with Crippen LogP contribution in [0.15, 0.2) is 0 Å². The number of unbranched alkanes of at least 4 members (excludes halogenated alkanes) is 5. The maximum Gasteiger partial charge on any atom is 0.157 e. The third-order valence-corrected chi connectivity index (χ3v) is 2.50. The highest BCUT2D eigenvalue weighted by molar-refractivity contribution is 4.48. The SMILES string of the molecule is [CH2]CCC(OC)OCCCCCCCC. The highest BCUT2D eigenvalue weighted by atomic mass is 16.7. The molecule has 91 valence electrons. The summed E-state index contributed by atoms with van der Waals surface area (Å²) in [6.45, 7) is 6.86. The van der Waals surface area contributed by atoms with Crippen LogP contribution in [0.25, 0.3) is 0 Å². The van der Waals surface area contributed by atoms with Crippen LogP contribution in [0.2, 0.25) is 0 Å². The fourth-order valence-electron chi connectivity index (χ4n) is 1.53. The van der Waals surface area contributed by atoms with Gasteiger partial charge in [0, 0.05) is 13.7 Å². The summed E-state index contributed by atoms with van der Waals surface area (Å²) in [4.78, 5) is 0. The molecule has 0 aliphatic rings. The van der Waals surface area contributed by atoms with Crippen LogP contribution in [-0.2, 0) is 9.47 Å². The largest absolute Gasteiger partial charge is 0.356 e. The number of rotatable bonds is 11. The van der Waals surface area contributed by atoms with Gasteiger partial charge in [0.1, 0.15) is 0 Å². The van der Waals surface area contributed by atoms with Gasteiger partial charge in [0.2, 0.25) is 0 Å². The van der Waals surface area contributed by atoms with Gasteiger partial charge in [0.25, 0.3) is 0 Å². The van der Waals surface area contributed by atoms with Crippen LogP contribution in [0.5, 0.6) is 0 Å². The van der Waals surface area contributed by atoms with Gasteiger partial charge >= 0.3 is 0 Å². The normalized spacial score (nSPS) is 13.0. The fraction of sp³-hybridized carbons (Fsp3) is 0.923. The van der Waals surface area contributed by atoms with E-state index in [2.05, 4.69) is 13.8 Å². The van der Waals surface area contributed by atoms with Crippen molar-refractivity contribution in [3.63, 3.8) is 0 Å². The summed E-state index contributed by atoms with van der Waals surface area (Å²) in [5.74, 6) is 0. The molecule has 0 bridgehead atoms. The van der Waals surface area contributed by atoms with Crippen LogP contribution in [0.1, 0.15) is 58.3 Å². The summed E-state index contributed by atoms with van der Waals surface area (Å²) in [6, 6.07) is 0. The molecule has 0 rings (SSSR count). The second kappa shape index (κ2) is 12.0. The van der Waals surface area contributed by atoms with Crippen molar-refractivity contribution in [2.45, 2.75) is 64.6 Å². The molecule has 2 nitrogen and oxygen atoms in total. The average Bonchev–Trinajstić information content (AvgIpc) is 2.26. The van der Waals surface area contributed by atoms with E-state index in [-0.39, 0.29) is 6.29 Å². The highest BCUT2D eigenvalue weighted by Crippen LogP contribution is 2.07. The van der Waals surface area contributed by atoms with Crippen molar-refractivity contribution in [3.05, 3.63) is 6.92 Å². The van der Waals surface area contributed by atoms with Gasteiger partial charge in [-0.1, -0.05) is 46.0 Å². The van der Waals surface area contributed by atoms with E-state index >= 15 is 0 Å². The molecular weight excluding hydrogens is 188 g/mol. The predicted octanol–water partition coefficient (Wildman–Crippen LogP) is 3.95. The average molecular weight is 215 g/mol. The molecule has 0 aromatic heterocycles. The lowest BCUT2D eigenvalue weighted by atomic mass is 10.1. The molecular formula is C13H27O2. The van der Waals surface area contributed by atoms with Gasteiger partial charge in [-0.3, -0.25) is 0 Å². The van der Waals surface area contributed by atoms with Crippen molar-refractivity contribution in [1.82, 2.24) is 0 Å². The van der Waals surface area contributed by atoms with Crippen LogP contribution in [-0.4, -0.2) is 20.0 Å². The lowest BCUT2D eigenvalue weighted by molar-refractivity contribution is -0.127. The van der Waals surface area contributed by atoms with Gasteiger partial charge in [-0.2, -0.15) is 0 Å². The zero-order valence-corrected chi connectivity index (χ0v) is 10.5. The lowest BCUT2D eigenvalue weighted by Gasteiger charge is -2.14. The van der Waals surface area contributed by atoms with Gasteiger partial charge in [0.05, 0.1) is 0 Å². The quantitative estimate of drug-likeness (QED) is 0.384. The fourth-order valence-corrected chi connectivity index (χ4v) is 1.53. The Morgan fingerprint density at radius 1 is 1.07 bits per heavy atom. The third-order valence-electron chi connectivity index (χ3n) is 2.50. The molecule has 0 saturated carbocycles. The van der Waals surface area contributed by atoms with Gasteiger partial charge in [-0.15, -0.1) is 0 Å². The van der Waals surface area contributed by atoms with E-state index in [0.717, 1.165) is 25.9 Å². The molecule has 0 spiro atoms. The second-order valence-corrected chi connectivity index (χ2v) is 3.95.